The first-order valence-electron chi connectivity index (χ1n) is 6.60. The van der Waals surface area contributed by atoms with Crippen molar-refractivity contribution in [3.05, 3.63) is 0 Å². The van der Waals surface area contributed by atoms with Gasteiger partial charge in [0.15, 0.2) is 0 Å². The van der Waals surface area contributed by atoms with Gasteiger partial charge in [0, 0.05) is 12.1 Å². The molecule has 0 spiro atoms. The Hall–Kier alpha value is -0.220. The number of alkyl halides is 2. The molecule has 0 aromatic heterocycles. The highest BCUT2D eigenvalue weighted by Gasteiger charge is 2.40. The normalized spacial score (nSPS) is 28.9. The Morgan fingerprint density at radius 3 is 2.59 bits per heavy atom. The van der Waals surface area contributed by atoms with Crippen LogP contribution in [-0.2, 0) is 0 Å². The van der Waals surface area contributed by atoms with Crippen molar-refractivity contribution in [2.24, 2.45) is 5.41 Å². The molecule has 1 saturated carbocycles. The zero-order valence-corrected chi connectivity index (χ0v) is 11.5. The Morgan fingerprint density at radius 1 is 1.41 bits per heavy atom. The molecular weight excluding hydrogens is 222 g/mol. The predicted molar refractivity (Wildman–Crippen MR) is 67.5 cm³/mol. The first kappa shape index (κ1) is 14.8. The standard InChI is InChI=1S/C13H26F2N2/c1-5-16-12-10(17(4)9-11(14)15)7-6-8-13(12,2)3/h10-12,16H,5-9H2,1-4H3. The number of nitrogens with one attached hydrogen (secondary N) is 1. The van der Waals surface area contributed by atoms with E-state index >= 15 is 0 Å². The molecule has 1 fully saturated rings. The first-order chi connectivity index (χ1) is 7.88. The van der Waals surface area contributed by atoms with Gasteiger partial charge in [-0.15, -0.1) is 0 Å². The van der Waals surface area contributed by atoms with Crippen molar-refractivity contribution in [3.8, 4) is 0 Å². The Balaban J connectivity index is 2.72. The van der Waals surface area contributed by atoms with Gasteiger partial charge in [0.25, 0.3) is 6.43 Å². The van der Waals surface area contributed by atoms with Gasteiger partial charge in [-0.05, 0) is 31.8 Å². The minimum atomic E-state index is -2.24. The molecule has 0 radical (unpaired) electrons. The molecular formula is C13H26F2N2. The summed E-state index contributed by atoms with van der Waals surface area (Å²) in [5, 5.41) is 3.49. The second-order valence-electron chi connectivity index (χ2n) is 5.81. The van der Waals surface area contributed by atoms with E-state index in [0.29, 0.717) is 6.04 Å². The fourth-order valence-electron chi connectivity index (χ4n) is 3.07. The van der Waals surface area contributed by atoms with E-state index < -0.39 is 6.43 Å². The van der Waals surface area contributed by atoms with E-state index in [-0.39, 0.29) is 18.0 Å². The van der Waals surface area contributed by atoms with Crippen molar-refractivity contribution in [1.29, 1.82) is 0 Å². The van der Waals surface area contributed by atoms with E-state index in [0.717, 1.165) is 19.4 Å². The van der Waals surface area contributed by atoms with E-state index in [1.54, 1.807) is 0 Å². The highest BCUT2D eigenvalue weighted by atomic mass is 19.3. The lowest BCUT2D eigenvalue weighted by atomic mass is 9.70. The summed E-state index contributed by atoms with van der Waals surface area (Å²) in [6.45, 7) is 7.33. The Kier molecular flexibility index (Phi) is 5.32. The van der Waals surface area contributed by atoms with Crippen molar-refractivity contribution in [1.82, 2.24) is 10.2 Å². The molecule has 0 amide bonds. The molecule has 1 rings (SSSR count). The lowest BCUT2D eigenvalue weighted by molar-refractivity contribution is 0.0243. The lowest BCUT2D eigenvalue weighted by Gasteiger charge is -2.47. The predicted octanol–water partition coefficient (Wildman–Crippen LogP) is 2.74. The number of halogens is 2. The van der Waals surface area contributed by atoms with Crippen LogP contribution in [0.5, 0.6) is 0 Å². The quantitative estimate of drug-likeness (QED) is 0.805. The second-order valence-corrected chi connectivity index (χ2v) is 5.81. The maximum atomic E-state index is 12.5. The number of nitrogens with zero attached hydrogens (tertiary/aromatic N) is 1. The van der Waals surface area contributed by atoms with Crippen LogP contribution in [-0.4, -0.2) is 43.5 Å². The SMILES string of the molecule is CCNC1C(N(C)CC(F)F)CCCC1(C)C. The second kappa shape index (κ2) is 6.10. The maximum absolute atomic E-state index is 12.5. The van der Waals surface area contributed by atoms with E-state index in [9.17, 15) is 8.78 Å². The van der Waals surface area contributed by atoms with Crippen molar-refractivity contribution in [2.45, 2.75) is 58.5 Å². The average molecular weight is 248 g/mol. The molecule has 2 nitrogen and oxygen atoms in total. The average Bonchev–Trinajstić information content (AvgIpc) is 2.19. The number of hydrogen-bond donors (Lipinski definition) is 1. The van der Waals surface area contributed by atoms with E-state index in [2.05, 4.69) is 26.1 Å². The van der Waals surface area contributed by atoms with Gasteiger partial charge in [-0.1, -0.05) is 27.2 Å². The number of likely N-dealkylation sites (N-methyl/N-ethyl adjacent to an activating group) is 2. The van der Waals surface area contributed by atoms with Gasteiger partial charge in [-0.25, -0.2) is 8.78 Å². The molecule has 0 aliphatic heterocycles. The zero-order chi connectivity index (χ0) is 13.1. The summed E-state index contributed by atoms with van der Waals surface area (Å²) in [6.07, 6.45) is 1.08. The topological polar surface area (TPSA) is 15.3 Å². The van der Waals surface area contributed by atoms with Crippen molar-refractivity contribution < 1.29 is 8.78 Å². The summed E-state index contributed by atoms with van der Waals surface area (Å²) in [4.78, 5) is 1.83. The maximum Gasteiger partial charge on any atom is 0.251 e. The molecule has 0 bridgehead atoms. The van der Waals surface area contributed by atoms with Crippen molar-refractivity contribution in [3.63, 3.8) is 0 Å². The van der Waals surface area contributed by atoms with Crippen molar-refractivity contribution >= 4 is 0 Å². The van der Waals surface area contributed by atoms with Gasteiger partial charge in [0.2, 0.25) is 0 Å². The molecule has 1 aliphatic carbocycles. The molecule has 0 saturated heterocycles. The van der Waals surface area contributed by atoms with E-state index in [4.69, 9.17) is 0 Å². The van der Waals surface area contributed by atoms with Crippen LogP contribution in [0.2, 0.25) is 0 Å². The van der Waals surface area contributed by atoms with Gasteiger partial charge in [0.05, 0.1) is 6.54 Å². The van der Waals surface area contributed by atoms with Gasteiger partial charge in [-0.2, -0.15) is 0 Å². The number of rotatable bonds is 5. The molecule has 4 heteroatoms. The Labute approximate surface area is 104 Å². The van der Waals surface area contributed by atoms with Crippen LogP contribution in [0.4, 0.5) is 8.78 Å². The van der Waals surface area contributed by atoms with Crippen LogP contribution in [0.3, 0.4) is 0 Å². The third-order valence-electron chi connectivity index (χ3n) is 3.96. The van der Waals surface area contributed by atoms with Crippen LogP contribution < -0.4 is 5.32 Å². The van der Waals surface area contributed by atoms with Gasteiger partial charge < -0.3 is 5.32 Å². The van der Waals surface area contributed by atoms with E-state index in [1.165, 1.54) is 6.42 Å². The fourth-order valence-corrected chi connectivity index (χ4v) is 3.07. The molecule has 102 valence electrons. The lowest BCUT2D eigenvalue weighted by Crippen LogP contribution is -2.58. The first-order valence-corrected chi connectivity index (χ1v) is 6.60. The van der Waals surface area contributed by atoms with Crippen LogP contribution in [0.1, 0.15) is 40.0 Å². The fraction of sp³-hybridized carbons (Fsp3) is 1.00. The summed E-state index contributed by atoms with van der Waals surface area (Å²) in [5.74, 6) is 0. The van der Waals surface area contributed by atoms with Crippen molar-refractivity contribution in [2.75, 3.05) is 20.1 Å². The van der Waals surface area contributed by atoms with Crippen LogP contribution >= 0.6 is 0 Å². The van der Waals surface area contributed by atoms with Gasteiger partial charge in [-0.3, -0.25) is 4.90 Å². The third kappa shape index (κ3) is 3.88. The van der Waals surface area contributed by atoms with E-state index in [1.807, 2.05) is 11.9 Å². The highest BCUT2D eigenvalue weighted by Crippen LogP contribution is 2.37. The van der Waals surface area contributed by atoms with Gasteiger partial charge >= 0.3 is 0 Å². The molecule has 0 heterocycles. The van der Waals surface area contributed by atoms with Crippen LogP contribution in [0.15, 0.2) is 0 Å². The molecule has 2 unspecified atom stereocenters. The summed E-state index contributed by atoms with van der Waals surface area (Å²) >= 11 is 0. The third-order valence-corrected chi connectivity index (χ3v) is 3.96. The van der Waals surface area contributed by atoms with Gasteiger partial charge in [0.1, 0.15) is 0 Å². The summed E-state index contributed by atoms with van der Waals surface area (Å²) in [5.41, 5.74) is 0.190. The minimum Gasteiger partial charge on any atom is -0.312 e. The molecule has 0 aromatic carbocycles. The molecule has 17 heavy (non-hydrogen) atoms. The summed E-state index contributed by atoms with van der Waals surface area (Å²) in [6, 6.07) is 0.540. The highest BCUT2D eigenvalue weighted by molar-refractivity contribution is 4.97. The Bertz CT molecular complexity index is 231. The Morgan fingerprint density at radius 2 is 2.06 bits per heavy atom. The summed E-state index contributed by atoms with van der Waals surface area (Å²) in [7, 11) is 1.82. The molecule has 1 aliphatic rings. The van der Waals surface area contributed by atoms with Crippen LogP contribution in [0, 0.1) is 5.41 Å². The molecule has 2 atom stereocenters. The largest absolute Gasteiger partial charge is 0.312 e. The smallest absolute Gasteiger partial charge is 0.251 e. The zero-order valence-electron chi connectivity index (χ0n) is 11.5. The summed E-state index contributed by atoms with van der Waals surface area (Å²) < 4.78 is 25.0. The number of hydrogen-bond acceptors (Lipinski definition) is 2. The monoisotopic (exact) mass is 248 g/mol. The molecule has 1 N–H and O–H groups in total. The minimum absolute atomic E-state index is 0.122. The van der Waals surface area contributed by atoms with Crippen LogP contribution in [0.25, 0.3) is 0 Å². The molecule has 0 aromatic rings.